The van der Waals surface area contributed by atoms with E-state index in [0.717, 1.165) is 75.6 Å². The van der Waals surface area contributed by atoms with Crippen molar-refractivity contribution in [1.29, 1.82) is 0 Å². The Labute approximate surface area is 330 Å². The standard InChI is InChI=1S/C45H72N4O6/c1-28(2)37-31(50)22-45(34(51)27-49(21-20-48(10)11)26-29-24-46-47-25-29)19-18-43(8)30(38(37)45)12-13-33-42(7)16-15-35(55-36(52)23-40(3,4)39(53)54)41(5,6)32(42)14-17-44(33,43)9/h24-25,28,30,32-35,51H,12-23,26-27H2,1-11H3,(H,46,47)(H,53,54)/t30-,32+,33?,34+,35+,42+,43-,44-,45+/m1/s1. The summed E-state index contributed by atoms with van der Waals surface area (Å²) in [6, 6.07) is 0. The fourth-order valence-electron chi connectivity index (χ4n) is 13.5. The second-order valence-corrected chi connectivity index (χ2v) is 21.2. The van der Waals surface area contributed by atoms with Gasteiger partial charge in [0.05, 0.1) is 24.1 Å². The van der Waals surface area contributed by atoms with Gasteiger partial charge >= 0.3 is 11.9 Å². The summed E-state index contributed by atoms with van der Waals surface area (Å²) in [5, 5.41) is 29.3. The van der Waals surface area contributed by atoms with Gasteiger partial charge in [-0.2, -0.15) is 5.10 Å². The second-order valence-electron chi connectivity index (χ2n) is 21.2. The van der Waals surface area contributed by atoms with Crippen LogP contribution < -0.4 is 0 Å². The molecular weight excluding hydrogens is 693 g/mol. The van der Waals surface area contributed by atoms with Gasteiger partial charge in [0.2, 0.25) is 0 Å². The number of nitrogens with one attached hydrogen (secondary N) is 1. The smallest absolute Gasteiger partial charge is 0.309 e. The molecule has 308 valence electrons. The number of hydrogen-bond acceptors (Lipinski definition) is 8. The molecule has 0 aromatic carbocycles. The average Bonchev–Trinajstić information content (AvgIpc) is 3.70. The van der Waals surface area contributed by atoms with Crippen molar-refractivity contribution in [3.05, 3.63) is 29.1 Å². The highest BCUT2D eigenvalue weighted by molar-refractivity contribution is 6.00. The summed E-state index contributed by atoms with van der Waals surface area (Å²) in [5.41, 5.74) is 1.51. The van der Waals surface area contributed by atoms with Gasteiger partial charge in [0.25, 0.3) is 0 Å². The van der Waals surface area contributed by atoms with Crippen molar-refractivity contribution >= 4 is 17.7 Å². The lowest BCUT2D eigenvalue weighted by Gasteiger charge is -2.72. The number of ether oxygens (including phenoxy) is 1. The van der Waals surface area contributed by atoms with Gasteiger partial charge in [-0.25, -0.2) is 0 Å². The van der Waals surface area contributed by atoms with E-state index >= 15 is 0 Å². The number of aliphatic carboxylic acids is 1. The number of carbonyl (C=O) groups excluding carboxylic acids is 2. The topological polar surface area (TPSA) is 136 Å². The summed E-state index contributed by atoms with van der Waals surface area (Å²) in [4.78, 5) is 43.7. The molecule has 10 heteroatoms. The molecule has 5 aliphatic rings. The van der Waals surface area contributed by atoms with Crippen LogP contribution in [0.5, 0.6) is 0 Å². The van der Waals surface area contributed by atoms with Crippen molar-refractivity contribution in [2.24, 2.45) is 56.2 Å². The summed E-state index contributed by atoms with van der Waals surface area (Å²) in [5.74, 6) is 0.0299. The first kappa shape index (κ1) is 42.1. The summed E-state index contributed by atoms with van der Waals surface area (Å²) in [7, 11) is 4.16. The van der Waals surface area contributed by atoms with Crippen LogP contribution in [0, 0.1) is 56.2 Å². The molecule has 10 nitrogen and oxygen atoms in total. The van der Waals surface area contributed by atoms with Crippen LogP contribution in [0.3, 0.4) is 0 Å². The number of aromatic nitrogens is 2. The summed E-state index contributed by atoms with van der Waals surface area (Å²) < 4.78 is 6.19. The number of aliphatic hydroxyl groups is 1. The van der Waals surface area contributed by atoms with Gasteiger partial charge in [0.15, 0.2) is 5.78 Å². The summed E-state index contributed by atoms with van der Waals surface area (Å²) in [6.07, 6.45) is 11.0. The highest BCUT2D eigenvalue weighted by Gasteiger charge is 2.71. The normalized spacial score (nSPS) is 36.4. The third-order valence-corrected chi connectivity index (χ3v) is 16.8. The van der Waals surface area contributed by atoms with Gasteiger partial charge in [-0.1, -0.05) is 54.0 Å². The van der Waals surface area contributed by atoms with Crippen molar-refractivity contribution in [2.45, 2.75) is 145 Å². The Balaban J connectivity index is 1.28. The number of carboxylic acids is 1. The molecule has 6 rings (SSSR count). The van der Waals surface area contributed by atoms with E-state index in [0.29, 0.717) is 31.3 Å². The number of rotatable bonds is 13. The van der Waals surface area contributed by atoms with Crippen LogP contribution in [0.25, 0.3) is 0 Å². The van der Waals surface area contributed by atoms with Crippen molar-refractivity contribution in [3.63, 3.8) is 0 Å². The molecule has 1 heterocycles. The van der Waals surface area contributed by atoms with Crippen LogP contribution in [0.15, 0.2) is 23.5 Å². The number of nitrogens with zero attached hydrogens (tertiary/aromatic N) is 3. The van der Waals surface area contributed by atoms with Crippen molar-refractivity contribution < 1.29 is 29.3 Å². The van der Waals surface area contributed by atoms with E-state index in [1.54, 1.807) is 13.8 Å². The lowest BCUT2D eigenvalue weighted by Crippen LogP contribution is -2.66. The Kier molecular flexibility index (Phi) is 11.2. The Morgan fingerprint density at radius 1 is 0.982 bits per heavy atom. The lowest BCUT2D eigenvalue weighted by molar-refractivity contribution is -0.235. The molecule has 1 aromatic rings. The minimum atomic E-state index is -1.17. The first-order valence-corrected chi connectivity index (χ1v) is 21.3. The van der Waals surface area contributed by atoms with Crippen molar-refractivity contribution in [2.75, 3.05) is 33.7 Å². The Bertz CT molecular complexity index is 1650. The van der Waals surface area contributed by atoms with Crippen LogP contribution in [0.2, 0.25) is 0 Å². The van der Waals surface area contributed by atoms with Crippen LogP contribution in [0.1, 0.15) is 132 Å². The fraction of sp³-hybridized carbons (Fsp3) is 0.822. The van der Waals surface area contributed by atoms with Crippen LogP contribution >= 0.6 is 0 Å². The van der Waals surface area contributed by atoms with Crippen LogP contribution in [0.4, 0.5) is 0 Å². The SMILES string of the molecule is CC(C)C1=C2[C@H]3CCC4[C@@]5(C)CC[C@H](OC(=O)CC(C)(C)C(=O)O)C(C)(C)[C@@H]5CC[C@@]4(C)[C@]3(C)CC[C@@]2([C@@H](O)CN(CCN(C)C)Cc2cn[nH]c2)CC1=O. The number of carboxylic acid groups (broad SMARTS) is 1. The molecule has 1 aromatic heterocycles. The highest BCUT2D eigenvalue weighted by atomic mass is 16.5. The van der Waals surface area contributed by atoms with E-state index in [1.807, 2.05) is 12.4 Å². The first-order chi connectivity index (χ1) is 25.5. The third-order valence-electron chi connectivity index (χ3n) is 16.8. The number of Topliss-reactive ketones (excluding diaryl/α,β-unsaturated/α-hetero) is 1. The maximum atomic E-state index is 14.3. The monoisotopic (exact) mass is 765 g/mol. The van der Waals surface area contributed by atoms with Gasteiger partial charge in [-0.05, 0) is 125 Å². The van der Waals surface area contributed by atoms with Gasteiger partial charge < -0.3 is 19.8 Å². The summed E-state index contributed by atoms with van der Waals surface area (Å²) >= 11 is 0. The van der Waals surface area contributed by atoms with E-state index < -0.39 is 28.9 Å². The zero-order valence-corrected chi connectivity index (χ0v) is 35.9. The number of aliphatic hydroxyl groups excluding tert-OH is 1. The predicted molar refractivity (Wildman–Crippen MR) is 214 cm³/mol. The number of hydrogen-bond donors (Lipinski definition) is 3. The molecule has 0 radical (unpaired) electrons. The molecule has 3 N–H and O–H groups in total. The first-order valence-electron chi connectivity index (χ1n) is 21.3. The molecule has 0 amide bonds. The molecule has 5 aliphatic carbocycles. The molecule has 1 unspecified atom stereocenters. The number of aromatic amines is 1. The molecule has 55 heavy (non-hydrogen) atoms. The molecule has 4 saturated carbocycles. The Morgan fingerprint density at radius 2 is 1.69 bits per heavy atom. The van der Waals surface area contributed by atoms with Gasteiger partial charge in [-0.3, -0.25) is 24.4 Å². The third kappa shape index (κ3) is 6.96. The van der Waals surface area contributed by atoms with Crippen molar-refractivity contribution in [3.8, 4) is 0 Å². The van der Waals surface area contributed by atoms with Gasteiger partial charge in [-0.15, -0.1) is 0 Å². The van der Waals surface area contributed by atoms with E-state index in [2.05, 4.69) is 82.6 Å². The molecule has 0 saturated heterocycles. The fourth-order valence-corrected chi connectivity index (χ4v) is 13.5. The molecule has 4 fully saturated rings. The number of likely N-dealkylation sites (N-methyl/N-ethyl adjacent to an activating group) is 1. The number of H-pyrrole nitrogens is 1. The molecular formula is C45H72N4O6. The maximum Gasteiger partial charge on any atom is 0.309 e. The number of fused-ring (bicyclic) bond motifs is 7. The van der Waals surface area contributed by atoms with Gasteiger partial charge in [0.1, 0.15) is 6.10 Å². The largest absolute Gasteiger partial charge is 0.481 e. The Morgan fingerprint density at radius 3 is 2.31 bits per heavy atom. The minimum absolute atomic E-state index is 0.0233. The number of esters is 1. The van der Waals surface area contributed by atoms with E-state index in [-0.39, 0.29) is 51.8 Å². The number of ketones is 1. The van der Waals surface area contributed by atoms with Crippen LogP contribution in [-0.4, -0.2) is 93.9 Å². The number of carbonyl (C=O) groups is 3. The molecule has 0 aliphatic heterocycles. The zero-order valence-electron chi connectivity index (χ0n) is 35.9. The highest BCUT2D eigenvalue weighted by Crippen LogP contribution is 2.77. The molecule has 9 atom stereocenters. The number of allylic oxidation sites excluding steroid dienone is 1. The average molecular weight is 765 g/mol. The molecule has 0 bridgehead atoms. The molecule has 0 spiro atoms. The van der Waals surface area contributed by atoms with E-state index in [4.69, 9.17) is 4.74 Å². The lowest BCUT2D eigenvalue weighted by atomic mass is 9.33. The van der Waals surface area contributed by atoms with E-state index in [1.165, 1.54) is 5.57 Å². The Hall–Kier alpha value is -2.56. The van der Waals surface area contributed by atoms with Crippen LogP contribution in [-0.2, 0) is 25.7 Å². The van der Waals surface area contributed by atoms with Gasteiger partial charge in [0, 0.05) is 55.2 Å². The maximum absolute atomic E-state index is 14.3. The van der Waals surface area contributed by atoms with E-state index in [9.17, 15) is 24.6 Å². The quantitative estimate of drug-likeness (QED) is 0.174. The minimum Gasteiger partial charge on any atom is -0.481 e. The second kappa shape index (κ2) is 14.7. The zero-order chi connectivity index (χ0) is 40.5. The van der Waals surface area contributed by atoms with Crippen molar-refractivity contribution in [1.82, 2.24) is 20.0 Å². The summed E-state index contributed by atoms with van der Waals surface area (Å²) in [6.45, 7) is 22.6. The predicted octanol–water partition coefficient (Wildman–Crippen LogP) is 7.53.